The molecule has 0 radical (unpaired) electrons. The number of aromatic nitrogens is 1. The first kappa shape index (κ1) is 23.8. The second-order valence-corrected chi connectivity index (χ2v) is 8.92. The average molecular weight is 467 g/mol. The molecule has 0 spiro atoms. The van der Waals surface area contributed by atoms with E-state index in [4.69, 9.17) is 18.9 Å². The minimum Gasteiger partial charge on any atom is -0.492 e. The summed E-state index contributed by atoms with van der Waals surface area (Å²) in [5.41, 5.74) is 2.14. The summed E-state index contributed by atoms with van der Waals surface area (Å²) in [6.07, 6.45) is 2.02. The van der Waals surface area contributed by atoms with E-state index >= 15 is 0 Å². The van der Waals surface area contributed by atoms with Gasteiger partial charge in [0, 0.05) is 43.4 Å². The molecule has 0 saturated heterocycles. The molecule has 1 aromatic heterocycles. The molecule has 34 heavy (non-hydrogen) atoms. The molecule has 1 aliphatic carbocycles. The zero-order valence-electron chi connectivity index (χ0n) is 20.1. The van der Waals surface area contributed by atoms with Crippen LogP contribution in [-0.2, 0) is 9.47 Å². The molecule has 180 valence electrons. The van der Waals surface area contributed by atoms with Crippen LogP contribution in [0.25, 0.3) is 11.3 Å². The molecule has 0 N–H and O–H groups in total. The van der Waals surface area contributed by atoms with Gasteiger partial charge in [-0.1, -0.05) is 13.8 Å². The SMILES string of the molecule is CCOC(=O)c1cc2c(n(C3CC3)c1=O)-c1cc(C#N)c(OCCCOC)cc1OC2C(C)C. The third kappa shape index (κ3) is 4.40. The van der Waals surface area contributed by atoms with Gasteiger partial charge in [0.15, 0.2) is 0 Å². The highest BCUT2D eigenvalue weighted by Crippen LogP contribution is 2.49. The summed E-state index contributed by atoms with van der Waals surface area (Å²) >= 11 is 0. The smallest absolute Gasteiger partial charge is 0.343 e. The number of fused-ring (bicyclic) bond motifs is 3. The van der Waals surface area contributed by atoms with Crippen molar-refractivity contribution in [3.63, 3.8) is 0 Å². The number of ether oxygens (including phenoxy) is 4. The maximum Gasteiger partial charge on any atom is 0.343 e. The Labute approximate surface area is 199 Å². The lowest BCUT2D eigenvalue weighted by Gasteiger charge is -2.33. The minimum absolute atomic E-state index is 0.00453. The van der Waals surface area contributed by atoms with Crippen LogP contribution in [-0.4, -0.2) is 37.5 Å². The first-order valence-corrected chi connectivity index (χ1v) is 11.7. The number of pyridine rings is 1. The molecule has 0 bridgehead atoms. The number of nitriles is 1. The summed E-state index contributed by atoms with van der Waals surface area (Å²) in [4.78, 5) is 26.1. The molecule has 2 aromatic rings. The molecule has 1 unspecified atom stereocenters. The number of carbonyl (C=O) groups is 1. The van der Waals surface area contributed by atoms with Gasteiger partial charge in [0.2, 0.25) is 0 Å². The van der Waals surface area contributed by atoms with E-state index in [-0.39, 0.29) is 35.8 Å². The van der Waals surface area contributed by atoms with Crippen molar-refractivity contribution in [3.8, 4) is 28.8 Å². The summed E-state index contributed by atoms with van der Waals surface area (Å²) < 4.78 is 24.2. The van der Waals surface area contributed by atoms with Crippen LogP contribution in [0, 0.1) is 17.2 Å². The van der Waals surface area contributed by atoms with Crippen LogP contribution in [0.2, 0.25) is 0 Å². The van der Waals surface area contributed by atoms with E-state index in [1.807, 2.05) is 13.8 Å². The van der Waals surface area contributed by atoms with E-state index in [0.717, 1.165) is 18.4 Å². The molecule has 8 nitrogen and oxygen atoms in total. The molecule has 1 atom stereocenters. The van der Waals surface area contributed by atoms with Gasteiger partial charge in [-0.3, -0.25) is 4.79 Å². The lowest BCUT2D eigenvalue weighted by molar-refractivity contribution is 0.0522. The van der Waals surface area contributed by atoms with Crippen molar-refractivity contribution in [1.29, 1.82) is 5.26 Å². The molecule has 8 heteroatoms. The maximum atomic E-state index is 13.5. The van der Waals surface area contributed by atoms with Crippen molar-refractivity contribution in [2.75, 3.05) is 26.9 Å². The molecule has 2 heterocycles. The van der Waals surface area contributed by atoms with E-state index in [2.05, 4.69) is 6.07 Å². The zero-order valence-corrected chi connectivity index (χ0v) is 20.1. The number of benzene rings is 1. The van der Waals surface area contributed by atoms with Gasteiger partial charge in [-0.05, 0) is 37.8 Å². The number of nitrogens with zero attached hydrogens (tertiary/aromatic N) is 2. The highest BCUT2D eigenvalue weighted by atomic mass is 16.5. The fraction of sp³-hybridized carbons (Fsp3) is 0.500. The molecule has 1 aliphatic heterocycles. The summed E-state index contributed by atoms with van der Waals surface area (Å²) in [6, 6.07) is 7.28. The Morgan fingerprint density at radius 2 is 2.03 bits per heavy atom. The van der Waals surface area contributed by atoms with Gasteiger partial charge in [0.05, 0.1) is 24.5 Å². The third-order valence-electron chi connectivity index (χ3n) is 6.04. The standard InChI is InChI=1S/C26H30N2O6/c1-5-32-26(30)20-12-19-23(28(25(20)29)17-7-8-17)18-11-16(14-27)21(33-10-6-9-31-4)13-22(18)34-24(19)15(2)3/h11-13,15,17,24H,5-10H2,1-4H3. The molecule has 0 amide bonds. The molecule has 1 saturated carbocycles. The Bertz CT molecular complexity index is 1190. The average Bonchev–Trinajstić information content (AvgIpc) is 3.65. The van der Waals surface area contributed by atoms with E-state index < -0.39 is 5.97 Å². The Balaban J connectivity index is 1.90. The highest BCUT2D eigenvalue weighted by molar-refractivity contribution is 5.90. The Hall–Kier alpha value is -3.31. The second kappa shape index (κ2) is 9.90. The van der Waals surface area contributed by atoms with Crippen molar-refractivity contribution in [3.05, 3.63) is 45.2 Å². The van der Waals surface area contributed by atoms with E-state index in [0.29, 0.717) is 48.0 Å². The minimum atomic E-state index is -0.629. The monoisotopic (exact) mass is 466 g/mol. The van der Waals surface area contributed by atoms with Gasteiger partial charge in [0.1, 0.15) is 29.2 Å². The number of hydrogen-bond donors (Lipinski definition) is 0. The van der Waals surface area contributed by atoms with Gasteiger partial charge in [-0.15, -0.1) is 0 Å². The number of esters is 1. The van der Waals surface area contributed by atoms with Gasteiger partial charge in [0.25, 0.3) is 5.56 Å². The Morgan fingerprint density at radius 1 is 1.26 bits per heavy atom. The quantitative estimate of drug-likeness (QED) is 0.399. The summed E-state index contributed by atoms with van der Waals surface area (Å²) in [6.45, 7) is 6.92. The first-order chi connectivity index (χ1) is 16.4. The molecule has 1 fully saturated rings. The van der Waals surface area contributed by atoms with Crippen LogP contribution in [0.5, 0.6) is 11.5 Å². The molecular weight excluding hydrogens is 436 g/mol. The Morgan fingerprint density at radius 3 is 2.65 bits per heavy atom. The van der Waals surface area contributed by atoms with Gasteiger partial charge < -0.3 is 23.5 Å². The zero-order chi connectivity index (χ0) is 24.4. The van der Waals surface area contributed by atoms with Crippen LogP contribution in [0.1, 0.15) is 73.7 Å². The summed E-state index contributed by atoms with van der Waals surface area (Å²) in [5, 5.41) is 9.81. The molecular formula is C26H30N2O6. The predicted octanol–water partition coefficient (Wildman–Crippen LogP) is 4.40. The van der Waals surface area contributed by atoms with E-state index in [1.165, 1.54) is 0 Å². The predicted molar refractivity (Wildman–Crippen MR) is 125 cm³/mol. The van der Waals surface area contributed by atoms with E-state index in [9.17, 15) is 14.9 Å². The number of methoxy groups -OCH3 is 1. The van der Waals surface area contributed by atoms with Crippen molar-refractivity contribution in [2.24, 2.45) is 5.92 Å². The normalized spacial score (nSPS) is 16.3. The van der Waals surface area contributed by atoms with Crippen molar-refractivity contribution in [1.82, 2.24) is 4.57 Å². The van der Waals surface area contributed by atoms with Gasteiger partial charge in [-0.25, -0.2) is 4.79 Å². The fourth-order valence-corrected chi connectivity index (χ4v) is 4.33. The van der Waals surface area contributed by atoms with Crippen LogP contribution < -0.4 is 15.0 Å². The van der Waals surface area contributed by atoms with Crippen molar-refractivity contribution < 1.29 is 23.7 Å². The fourth-order valence-electron chi connectivity index (χ4n) is 4.33. The molecule has 1 aromatic carbocycles. The third-order valence-corrected chi connectivity index (χ3v) is 6.04. The van der Waals surface area contributed by atoms with Gasteiger partial charge >= 0.3 is 5.97 Å². The first-order valence-electron chi connectivity index (χ1n) is 11.7. The maximum absolute atomic E-state index is 13.5. The highest BCUT2D eigenvalue weighted by Gasteiger charge is 2.38. The number of carbonyl (C=O) groups excluding carboxylic acids is 1. The largest absolute Gasteiger partial charge is 0.492 e. The number of rotatable bonds is 9. The van der Waals surface area contributed by atoms with Crippen molar-refractivity contribution >= 4 is 5.97 Å². The van der Waals surface area contributed by atoms with E-state index in [1.54, 1.807) is 36.8 Å². The van der Waals surface area contributed by atoms with Crippen LogP contribution >= 0.6 is 0 Å². The van der Waals surface area contributed by atoms with Crippen molar-refractivity contribution in [2.45, 2.75) is 52.2 Å². The van der Waals surface area contributed by atoms with Crippen LogP contribution in [0.15, 0.2) is 23.0 Å². The van der Waals surface area contributed by atoms with Crippen LogP contribution in [0.3, 0.4) is 0 Å². The lowest BCUT2D eigenvalue weighted by Crippen LogP contribution is -2.32. The second-order valence-electron chi connectivity index (χ2n) is 8.92. The lowest BCUT2D eigenvalue weighted by atomic mass is 9.89. The summed E-state index contributed by atoms with van der Waals surface area (Å²) in [5.74, 6) is 0.431. The topological polar surface area (TPSA) is 99.8 Å². The Kier molecular flexibility index (Phi) is 6.94. The molecule has 2 aliphatic rings. The molecule has 4 rings (SSSR count). The van der Waals surface area contributed by atoms with Gasteiger partial charge in [-0.2, -0.15) is 5.26 Å². The summed E-state index contributed by atoms with van der Waals surface area (Å²) in [7, 11) is 1.63. The number of hydrogen-bond acceptors (Lipinski definition) is 7. The van der Waals surface area contributed by atoms with Crippen LogP contribution in [0.4, 0.5) is 0 Å².